The van der Waals surface area contributed by atoms with Crippen molar-refractivity contribution in [3.8, 4) is 0 Å². The van der Waals surface area contributed by atoms with Crippen molar-refractivity contribution in [2.75, 3.05) is 13.2 Å². The summed E-state index contributed by atoms with van der Waals surface area (Å²) in [7, 11) is 0. The van der Waals surface area contributed by atoms with Crippen LogP contribution in [-0.2, 0) is 28.6 Å². The highest BCUT2D eigenvalue weighted by Crippen LogP contribution is 2.18. The van der Waals surface area contributed by atoms with Gasteiger partial charge in [0.05, 0.1) is 0 Å². The van der Waals surface area contributed by atoms with E-state index in [2.05, 4.69) is 81.5 Å². The Hall–Kier alpha value is -2.89. The van der Waals surface area contributed by atoms with Crippen LogP contribution in [-0.4, -0.2) is 37.2 Å². The van der Waals surface area contributed by atoms with Crippen molar-refractivity contribution in [2.45, 2.75) is 386 Å². The summed E-state index contributed by atoms with van der Waals surface area (Å²) in [5.41, 5.74) is 0. The van der Waals surface area contributed by atoms with Crippen LogP contribution in [0, 0.1) is 0 Å². The van der Waals surface area contributed by atoms with Crippen LogP contribution < -0.4 is 0 Å². The molecular weight excluding hydrogens is 997 g/mol. The molecule has 0 saturated carbocycles. The lowest BCUT2D eigenvalue weighted by atomic mass is 10.0. The lowest BCUT2D eigenvalue weighted by molar-refractivity contribution is -0.167. The zero-order valence-corrected chi connectivity index (χ0v) is 54.3. The zero-order valence-electron chi connectivity index (χ0n) is 54.3. The average molecular weight is 1130 g/mol. The lowest BCUT2D eigenvalue weighted by Gasteiger charge is -2.18. The first-order valence-electron chi connectivity index (χ1n) is 35.8. The minimum absolute atomic E-state index is 0.0751. The number of esters is 3. The van der Waals surface area contributed by atoms with Crippen LogP contribution in [0.15, 0.2) is 60.8 Å². The molecule has 0 bridgehead atoms. The number of ether oxygens (including phenoxy) is 3. The van der Waals surface area contributed by atoms with Crippen LogP contribution in [0.3, 0.4) is 0 Å². The van der Waals surface area contributed by atoms with E-state index in [0.29, 0.717) is 19.3 Å². The van der Waals surface area contributed by atoms with Crippen LogP contribution >= 0.6 is 0 Å². The molecule has 472 valence electrons. The van der Waals surface area contributed by atoms with Crippen LogP contribution in [0.5, 0.6) is 0 Å². The monoisotopic (exact) mass is 1130 g/mol. The van der Waals surface area contributed by atoms with Crippen molar-refractivity contribution >= 4 is 17.9 Å². The van der Waals surface area contributed by atoms with Crippen molar-refractivity contribution in [3.05, 3.63) is 60.8 Å². The lowest BCUT2D eigenvalue weighted by Crippen LogP contribution is -2.30. The first-order chi connectivity index (χ1) is 40.0. The fraction of sp³-hybridized carbons (Fsp3) is 0.827. The third-order valence-electron chi connectivity index (χ3n) is 16.0. The maximum atomic E-state index is 12.9. The van der Waals surface area contributed by atoms with E-state index < -0.39 is 6.10 Å². The number of carbonyl (C=O) groups excluding carboxylic acids is 3. The highest BCUT2D eigenvalue weighted by atomic mass is 16.6. The predicted molar refractivity (Wildman–Crippen MR) is 353 cm³/mol. The molecule has 0 aromatic rings. The molecular formula is C75H136O6. The second kappa shape index (κ2) is 69.6. The highest BCUT2D eigenvalue weighted by molar-refractivity contribution is 5.71. The van der Waals surface area contributed by atoms with Gasteiger partial charge in [0.25, 0.3) is 0 Å². The third-order valence-corrected chi connectivity index (χ3v) is 16.0. The van der Waals surface area contributed by atoms with Gasteiger partial charge in [0, 0.05) is 19.3 Å². The first-order valence-corrected chi connectivity index (χ1v) is 35.8. The van der Waals surface area contributed by atoms with E-state index in [9.17, 15) is 14.4 Å². The summed E-state index contributed by atoms with van der Waals surface area (Å²) >= 11 is 0. The van der Waals surface area contributed by atoms with Gasteiger partial charge in [0.1, 0.15) is 13.2 Å². The second-order valence-corrected chi connectivity index (χ2v) is 24.1. The standard InChI is InChI=1S/C75H136O6/c1-4-7-10-13-16-19-22-25-27-29-31-33-34-35-36-37-38-39-40-42-43-45-47-50-53-56-59-62-65-68-74(77)80-71-72(70-79-73(76)67-64-61-58-55-52-49-24-21-18-15-12-9-6-3)81-75(78)69-66-63-60-57-54-51-48-46-44-41-32-30-28-26-23-20-17-14-11-8-5-2/h21-26,29-32,72H,4-20,27-28,33-71H2,1-3H3/b24-21-,25-22-,26-23-,31-29-,32-30-. The molecule has 0 amide bonds. The molecule has 0 aliphatic rings. The van der Waals surface area contributed by atoms with Crippen molar-refractivity contribution in [1.29, 1.82) is 0 Å². The smallest absolute Gasteiger partial charge is 0.306 e. The summed E-state index contributed by atoms with van der Waals surface area (Å²) in [6.07, 6.45) is 89.7. The van der Waals surface area contributed by atoms with E-state index in [4.69, 9.17) is 14.2 Å². The van der Waals surface area contributed by atoms with E-state index >= 15 is 0 Å². The normalized spacial score (nSPS) is 12.4. The number of hydrogen-bond acceptors (Lipinski definition) is 6. The van der Waals surface area contributed by atoms with E-state index in [1.165, 1.54) is 263 Å². The number of carbonyl (C=O) groups is 3. The zero-order chi connectivity index (χ0) is 58.5. The number of unbranched alkanes of at least 4 members (excludes halogenated alkanes) is 45. The molecule has 0 heterocycles. The third kappa shape index (κ3) is 67.8. The number of allylic oxidation sites excluding steroid dienone is 10. The summed E-state index contributed by atoms with van der Waals surface area (Å²) < 4.78 is 17.0. The van der Waals surface area contributed by atoms with Gasteiger partial charge < -0.3 is 14.2 Å². The fourth-order valence-electron chi connectivity index (χ4n) is 10.6. The van der Waals surface area contributed by atoms with Gasteiger partial charge in [-0.25, -0.2) is 0 Å². The molecule has 6 heteroatoms. The quantitative estimate of drug-likeness (QED) is 0.0261. The fourth-order valence-corrected chi connectivity index (χ4v) is 10.6. The minimum atomic E-state index is -0.780. The van der Waals surface area contributed by atoms with Crippen molar-refractivity contribution < 1.29 is 28.6 Å². The Kier molecular flexibility index (Phi) is 67.1. The largest absolute Gasteiger partial charge is 0.462 e. The molecule has 6 nitrogen and oxygen atoms in total. The van der Waals surface area contributed by atoms with Crippen LogP contribution in [0.25, 0.3) is 0 Å². The first kappa shape index (κ1) is 78.1. The van der Waals surface area contributed by atoms with Crippen LogP contribution in [0.1, 0.15) is 380 Å². The van der Waals surface area contributed by atoms with Gasteiger partial charge in [-0.2, -0.15) is 0 Å². The Morgan fingerprint density at radius 3 is 0.704 bits per heavy atom. The maximum Gasteiger partial charge on any atom is 0.306 e. The summed E-state index contributed by atoms with van der Waals surface area (Å²) in [6, 6.07) is 0. The summed E-state index contributed by atoms with van der Waals surface area (Å²) in [5.74, 6) is -0.866. The maximum absolute atomic E-state index is 12.9. The van der Waals surface area contributed by atoms with Gasteiger partial charge in [-0.15, -0.1) is 0 Å². The van der Waals surface area contributed by atoms with Gasteiger partial charge in [0.2, 0.25) is 0 Å². The molecule has 0 aromatic carbocycles. The Morgan fingerprint density at radius 2 is 0.444 bits per heavy atom. The van der Waals surface area contributed by atoms with E-state index in [-0.39, 0.29) is 31.1 Å². The van der Waals surface area contributed by atoms with Gasteiger partial charge in [-0.3, -0.25) is 14.4 Å². The second-order valence-electron chi connectivity index (χ2n) is 24.1. The SMILES string of the molecule is CCCCCC/C=C\CCCCCCCC(=O)OCC(COC(=O)CCCCCCCCCCCCCCCCCCC/C=C\C/C=C\CCCCCCC)OC(=O)CCCCCCCCCCC/C=C\C/C=C\CCCCCCC. The molecule has 81 heavy (non-hydrogen) atoms. The minimum Gasteiger partial charge on any atom is -0.462 e. The van der Waals surface area contributed by atoms with E-state index in [1.54, 1.807) is 0 Å². The molecule has 0 N–H and O–H groups in total. The van der Waals surface area contributed by atoms with Crippen molar-refractivity contribution in [3.63, 3.8) is 0 Å². The molecule has 0 rings (SSSR count). The van der Waals surface area contributed by atoms with Gasteiger partial charge in [0.15, 0.2) is 6.10 Å². The van der Waals surface area contributed by atoms with Gasteiger partial charge >= 0.3 is 17.9 Å². The number of rotatable bonds is 66. The summed E-state index contributed by atoms with van der Waals surface area (Å²) in [6.45, 7) is 6.65. The molecule has 0 radical (unpaired) electrons. The van der Waals surface area contributed by atoms with E-state index in [0.717, 1.165) is 77.0 Å². The van der Waals surface area contributed by atoms with Crippen molar-refractivity contribution in [1.82, 2.24) is 0 Å². The molecule has 0 saturated heterocycles. The molecule has 1 atom stereocenters. The van der Waals surface area contributed by atoms with Gasteiger partial charge in [-0.1, -0.05) is 313 Å². The van der Waals surface area contributed by atoms with Crippen molar-refractivity contribution in [2.24, 2.45) is 0 Å². The van der Waals surface area contributed by atoms with Crippen LogP contribution in [0.4, 0.5) is 0 Å². The highest BCUT2D eigenvalue weighted by Gasteiger charge is 2.19. The Labute approximate surface area is 504 Å². The number of hydrogen-bond donors (Lipinski definition) is 0. The molecule has 0 aromatic heterocycles. The Balaban J connectivity index is 4.22. The molecule has 0 aliphatic carbocycles. The Bertz CT molecular complexity index is 1440. The summed E-state index contributed by atoms with van der Waals surface area (Å²) in [5, 5.41) is 0. The van der Waals surface area contributed by atoms with E-state index in [1.807, 2.05) is 0 Å². The van der Waals surface area contributed by atoms with Gasteiger partial charge in [-0.05, 0) is 109 Å². The molecule has 0 fully saturated rings. The van der Waals surface area contributed by atoms with Crippen LogP contribution in [0.2, 0.25) is 0 Å². The predicted octanol–water partition coefficient (Wildman–Crippen LogP) is 24.7. The summed E-state index contributed by atoms with van der Waals surface area (Å²) in [4.78, 5) is 38.4. The average Bonchev–Trinajstić information content (AvgIpc) is 3.46. The topological polar surface area (TPSA) is 78.9 Å². The molecule has 0 aliphatic heterocycles. The Morgan fingerprint density at radius 1 is 0.247 bits per heavy atom. The molecule has 1 unspecified atom stereocenters. The molecule has 0 spiro atoms.